The third kappa shape index (κ3) is 4.37. The summed E-state index contributed by atoms with van der Waals surface area (Å²) in [4.78, 5) is 3.77. The molecule has 1 aliphatic rings. The third-order valence-electron chi connectivity index (χ3n) is 3.03. The van der Waals surface area contributed by atoms with E-state index in [1.165, 1.54) is 17.7 Å². The van der Waals surface area contributed by atoms with E-state index in [2.05, 4.69) is 39.3 Å². The number of hydrogen-bond donors (Lipinski definition) is 1. The van der Waals surface area contributed by atoms with Gasteiger partial charge in [-0.2, -0.15) is 0 Å². The van der Waals surface area contributed by atoms with Crippen molar-refractivity contribution >= 4 is 51.3 Å². The van der Waals surface area contributed by atoms with Gasteiger partial charge in [0, 0.05) is 21.9 Å². The molecule has 1 aromatic heterocycles. The molecule has 0 amide bonds. The fraction of sp³-hybridized carbons (Fsp3) is 0.636. The van der Waals surface area contributed by atoms with E-state index in [1.54, 1.807) is 11.3 Å². The van der Waals surface area contributed by atoms with E-state index in [1.807, 2.05) is 0 Å². The summed E-state index contributed by atoms with van der Waals surface area (Å²) in [6.07, 6.45) is 2.49. The fourth-order valence-corrected chi connectivity index (χ4v) is 3.95. The van der Waals surface area contributed by atoms with Crippen LogP contribution < -0.4 is 5.32 Å². The first-order chi connectivity index (χ1) is 7.66. The highest BCUT2D eigenvalue weighted by atomic mass is 79.9. The maximum atomic E-state index is 6.04. The lowest BCUT2D eigenvalue weighted by atomic mass is 10.1. The van der Waals surface area contributed by atoms with Crippen molar-refractivity contribution in [3.63, 3.8) is 0 Å². The highest BCUT2D eigenvalue weighted by Crippen LogP contribution is 2.32. The molecule has 1 aliphatic heterocycles. The number of hydrogen-bond acceptors (Lipinski definition) is 3. The summed E-state index contributed by atoms with van der Waals surface area (Å²) in [5, 5.41) is 3.39. The standard InChI is InChI=1S/C11H16BrClN2S.ClH/c1-15(8-2-4-14-5-3-8)7-9-6-10(12)11(13)16-9;/h6,8,14H,2-5,7H2,1H3;1H. The lowest BCUT2D eigenvalue weighted by molar-refractivity contribution is 0.193. The number of rotatable bonds is 3. The van der Waals surface area contributed by atoms with Crippen LogP contribution in [-0.2, 0) is 6.54 Å². The number of halogens is 3. The van der Waals surface area contributed by atoms with Crippen molar-refractivity contribution in [2.45, 2.75) is 25.4 Å². The van der Waals surface area contributed by atoms with Crippen LogP contribution in [0.5, 0.6) is 0 Å². The molecule has 0 saturated carbocycles. The Kier molecular flexibility index (Phi) is 6.77. The van der Waals surface area contributed by atoms with Crippen molar-refractivity contribution in [1.82, 2.24) is 10.2 Å². The molecule has 0 aromatic carbocycles. The van der Waals surface area contributed by atoms with Crippen molar-refractivity contribution in [3.05, 3.63) is 19.8 Å². The van der Waals surface area contributed by atoms with Crippen molar-refractivity contribution in [2.24, 2.45) is 0 Å². The van der Waals surface area contributed by atoms with Crippen LogP contribution in [0.2, 0.25) is 4.34 Å². The zero-order valence-corrected chi connectivity index (χ0v) is 13.7. The Bertz CT molecular complexity index is 334. The molecular weight excluding hydrogens is 343 g/mol. The molecule has 98 valence electrons. The van der Waals surface area contributed by atoms with Gasteiger partial charge in [-0.25, -0.2) is 0 Å². The van der Waals surface area contributed by atoms with Crippen LogP contribution in [0.1, 0.15) is 17.7 Å². The summed E-state index contributed by atoms with van der Waals surface area (Å²) < 4.78 is 1.88. The monoisotopic (exact) mass is 358 g/mol. The summed E-state index contributed by atoms with van der Waals surface area (Å²) in [7, 11) is 2.21. The molecule has 0 atom stereocenters. The molecule has 0 spiro atoms. The Hall–Kier alpha value is 0.680. The quantitative estimate of drug-likeness (QED) is 0.883. The minimum atomic E-state index is 0. The second kappa shape index (κ2) is 7.31. The smallest absolute Gasteiger partial charge is 0.107 e. The maximum absolute atomic E-state index is 6.04. The molecule has 0 aliphatic carbocycles. The Labute approximate surface area is 126 Å². The van der Waals surface area contributed by atoms with E-state index < -0.39 is 0 Å². The van der Waals surface area contributed by atoms with Gasteiger partial charge in [-0.05, 0) is 55.0 Å². The van der Waals surface area contributed by atoms with Gasteiger partial charge in [-0.1, -0.05) is 11.6 Å². The summed E-state index contributed by atoms with van der Waals surface area (Å²) in [5.74, 6) is 0. The number of nitrogens with one attached hydrogen (secondary N) is 1. The fourth-order valence-electron chi connectivity index (χ4n) is 2.09. The maximum Gasteiger partial charge on any atom is 0.107 e. The van der Waals surface area contributed by atoms with Crippen molar-refractivity contribution in [1.29, 1.82) is 0 Å². The molecular formula is C11H17BrCl2N2S. The molecule has 0 unspecified atom stereocenters. The topological polar surface area (TPSA) is 15.3 Å². The molecule has 1 aromatic rings. The molecule has 1 N–H and O–H groups in total. The number of piperidine rings is 1. The number of thiophene rings is 1. The third-order valence-corrected chi connectivity index (χ3v) is 5.49. The second-order valence-electron chi connectivity index (χ2n) is 4.23. The second-order valence-corrected chi connectivity index (χ2v) is 6.82. The molecule has 1 fully saturated rings. The molecule has 1 saturated heterocycles. The highest BCUT2D eigenvalue weighted by Gasteiger charge is 2.18. The molecule has 0 bridgehead atoms. The van der Waals surface area contributed by atoms with E-state index >= 15 is 0 Å². The lowest BCUT2D eigenvalue weighted by Gasteiger charge is -2.31. The Balaban J connectivity index is 0.00000144. The van der Waals surface area contributed by atoms with Gasteiger partial charge in [0.25, 0.3) is 0 Å². The molecule has 2 nitrogen and oxygen atoms in total. The Morgan fingerprint density at radius 2 is 2.18 bits per heavy atom. The lowest BCUT2D eigenvalue weighted by Crippen LogP contribution is -2.40. The zero-order chi connectivity index (χ0) is 11.5. The average molecular weight is 360 g/mol. The van der Waals surface area contributed by atoms with Crippen molar-refractivity contribution in [3.8, 4) is 0 Å². The first-order valence-corrected chi connectivity index (χ1v) is 7.50. The van der Waals surface area contributed by atoms with Gasteiger partial charge in [0.1, 0.15) is 4.34 Å². The van der Waals surface area contributed by atoms with Gasteiger partial charge in [0.2, 0.25) is 0 Å². The summed E-state index contributed by atoms with van der Waals surface area (Å²) in [6, 6.07) is 2.84. The minimum Gasteiger partial charge on any atom is -0.317 e. The van der Waals surface area contributed by atoms with Gasteiger partial charge in [-0.3, -0.25) is 4.90 Å². The molecule has 2 rings (SSSR count). The van der Waals surface area contributed by atoms with Crippen molar-refractivity contribution < 1.29 is 0 Å². The summed E-state index contributed by atoms with van der Waals surface area (Å²) >= 11 is 11.2. The average Bonchev–Trinajstić information content (AvgIpc) is 2.59. The van der Waals surface area contributed by atoms with Gasteiger partial charge < -0.3 is 5.32 Å². The first-order valence-electron chi connectivity index (χ1n) is 5.51. The van der Waals surface area contributed by atoms with Gasteiger partial charge in [0.05, 0.1) is 0 Å². The van der Waals surface area contributed by atoms with Crippen LogP contribution in [0.4, 0.5) is 0 Å². The van der Waals surface area contributed by atoms with Crippen LogP contribution >= 0.6 is 51.3 Å². The molecule has 2 heterocycles. The molecule has 6 heteroatoms. The van der Waals surface area contributed by atoms with Crippen LogP contribution in [0.3, 0.4) is 0 Å². The van der Waals surface area contributed by atoms with Crippen molar-refractivity contribution in [2.75, 3.05) is 20.1 Å². The normalized spacial score (nSPS) is 17.2. The summed E-state index contributed by atoms with van der Waals surface area (Å²) in [5.41, 5.74) is 0. The van der Waals surface area contributed by atoms with Gasteiger partial charge in [0.15, 0.2) is 0 Å². The van der Waals surface area contributed by atoms with Gasteiger partial charge >= 0.3 is 0 Å². The van der Waals surface area contributed by atoms with Crippen LogP contribution in [0.25, 0.3) is 0 Å². The largest absolute Gasteiger partial charge is 0.317 e. The number of nitrogens with zero attached hydrogens (tertiary/aromatic N) is 1. The van der Waals surface area contributed by atoms with E-state index in [0.717, 1.165) is 28.4 Å². The summed E-state index contributed by atoms with van der Waals surface area (Å²) in [6.45, 7) is 3.29. The van der Waals surface area contributed by atoms with E-state index in [-0.39, 0.29) is 12.4 Å². The van der Waals surface area contributed by atoms with Crippen LogP contribution in [0.15, 0.2) is 10.5 Å². The van der Waals surface area contributed by atoms with E-state index in [9.17, 15) is 0 Å². The Morgan fingerprint density at radius 3 is 2.71 bits per heavy atom. The molecule has 17 heavy (non-hydrogen) atoms. The first kappa shape index (κ1) is 15.7. The van der Waals surface area contributed by atoms with Crippen LogP contribution in [0, 0.1) is 0 Å². The van der Waals surface area contributed by atoms with E-state index in [4.69, 9.17) is 11.6 Å². The van der Waals surface area contributed by atoms with Gasteiger partial charge in [-0.15, -0.1) is 23.7 Å². The predicted octanol–water partition coefficient (Wildman–Crippen LogP) is 3.77. The molecule has 0 radical (unpaired) electrons. The van der Waals surface area contributed by atoms with E-state index in [0.29, 0.717) is 6.04 Å². The zero-order valence-electron chi connectivity index (χ0n) is 9.71. The Morgan fingerprint density at radius 1 is 1.53 bits per heavy atom. The SMILES string of the molecule is CN(Cc1cc(Br)c(Cl)s1)C1CCNCC1.Cl. The van der Waals surface area contributed by atoms with Crippen LogP contribution in [-0.4, -0.2) is 31.1 Å². The predicted molar refractivity (Wildman–Crippen MR) is 81.6 cm³/mol. The minimum absolute atomic E-state index is 0. The highest BCUT2D eigenvalue weighted by molar-refractivity contribution is 9.10.